The Morgan fingerprint density at radius 3 is 2.73 bits per heavy atom. The molecule has 0 bridgehead atoms. The molecule has 11 heteroatoms. The molecule has 1 N–H and O–H groups in total. The fourth-order valence-electron chi connectivity index (χ4n) is 8.02. The SMILES string of the molecule is C#Cc1c(F)ccc2cc(O)cc(-c3ncc4c(N(C)C[C@@H]5C(C)CCN5C(=O)C=C)nc(OCC56CCCN5CCC6)nc4c3F)c12. The van der Waals surface area contributed by atoms with E-state index in [0.717, 1.165) is 45.2 Å². The van der Waals surface area contributed by atoms with E-state index in [1.54, 1.807) is 0 Å². The highest BCUT2D eigenvalue weighted by Crippen LogP contribution is 2.41. The number of hydrogen-bond donors (Lipinski definition) is 1. The maximum Gasteiger partial charge on any atom is 0.319 e. The number of likely N-dealkylation sites (tertiary alicyclic amines) is 1. The molecule has 3 saturated heterocycles. The number of halogens is 2. The van der Waals surface area contributed by atoms with E-state index in [-0.39, 0.29) is 62.9 Å². The van der Waals surface area contributed by atoms with Gasteiger partial charge in [-0.25, -0.2) is 8.78 Å². The number of terminal acetylenes is 1. The van der Waals surface area contributed by atoms with E-state index in [0.29, 0.717) is 36.3 Å². The quantitative estimate of drug-likeness (QED) is 0.192. The second-order valence-corrected chi connectivity index (χ2v) is 13.3. The average Bonchev–Trinajstić information content (AvgIpc) is 3.77. The van der Waals surface area contributed by atoms with E-state index in [9.17, 15) is 14.3 Å². The molecule has 2 aromatic carbocycles. The van der Waals surface area contributed by atoms with Crippen molar-refractivity contribution in [2.24, 2.45) is 5.92 Å². The molecular weight excluding hydrogens is 614 g/mol. The van der Waals surface area contributed by atoms with Gasteiger partial charge in [0.2, 0.25) is 5.91 Å². The summed E-state index contributed by atoms with van der Waals surface area (Å²) in [6, 6.07) is 5.38. The number of aromatic hydroxyl groups is 1. The van der Waals surface area contributed by atoms with Crippen molar-refractivity contribution in [2.45, 2.75) is 50.6 Å². The molecule has 1 unspecified atom stereocenters. The summed E-state index contributed by atoms with van der Waals surface area (Å²) in [7, 11) is 1.85. The van der Waals surface area contributed by atoms with Crippen molar-refractivity contribution < 1.29 is 23.4 Å². The minimum atomic E-state index is -0.784. The van der Waals surface area contributed by atoms with Crippen LogP contribution in [0.4, 0.5) is 14.6 Å². The predicted molar refractivity (Wildman–Crippen MR) is 181 cm³/mol. The van der Waals surface area contributed by atoms with E-state index in [2.05, 4.69) is 34.3 Å². The molecule has 2 atom stereocenters. The van der Waals surface area contributed by atoms with Crippen molar-refractivity contribution in [1.29, 1.82) is 0 Å². The van der Waals surface area contributed by atoms with Crippen molar-refractivity contribution in [3.8, 4) is 35.4 Å². The van der Waals surface area contributed by atoms with Crippen LogP contribution in [0.2, 0.25) is 0 Å². The van der Waals surface area contributed by atoms with E-state index in [1.807, 2.05) is 16.8 Å². The zero-order chi connectivity index (χ0) is 33.7. The molecule has 0 saturated carbocycles. The lowest BCUT2D eigenvalue weighted by atomic mass is 9.95. The van der Waals surface area contributed by atoms with E-state index >= 15 is 4.39 Å². The number of amides is 1. The summed E-state index contributed by atoms with van der Waals surface area (Å²) >= 11 is 0. The number of carbonyl (C=O) groups is 1. The lowest BCUT2D eigenvalue weighted by molar-refractivity contribution is -0.126. The van der Waals surface area contributed by atoms with Crippen molar-refractivity contribution >= 4 is 33.4 Å². The largest absolute Gasteiger partial charge is 0.508 e. The normalized spacial score (nSPS) is 20.3. The Bertz CT molecular complexity index is 1980. The second-order valence-electron chi connectivity index (χ2n) is 13.3. The maximum atomic E-state index is 16.9. The molecule has 2 aromatic heterocycles. The van der Waals surface area contributed by atoms with E-state index < -0.39 is 11.6 Å². The third-order valence-electron chi connectivity index (χ3n) is 10.5. The van der Waals surface area contributed by atoms with Gasteiger partial charge in [-0.05, 0) is 80.8 Å². The van der Waals surface area contributed by atoms with Crippen LogP contribution in [-0.4, -0.2) is 87.2 Å². The van der Waals surface area contributed by atoms with Gasteiger partial charge in [0, 0.05) is 37.3 Å². The molecule has 248 valence electrons. The minimum absolute atomic E-state index is 0.0307. The molecule has 9 nitrogen and oxygen atoms in total. The van der Waals surface area contributed by atoms with Crippen LogP contribution in [0.5, 0.6) is 11.8 Å². The molecular formula is C37H38F2N6O3. The summed E-state index contributed by atoms with van der Waals surface area (Å²) in [4.78, 5) is 32.7. The van der Waals surface area contributed by atoms with Crippen molar-refractivity contribution in [3.63, 3.8) is 0 Å². The summed E-state index contributed by atoms with van der Waals surface area (Å²) in [5, 5.41) is 11.6. The summed E-state index contributed by atoms with van der Waals surface area (Å²) in [6.45, 7) is 9.26. The summed E-state index contributed by atoms with van der Waals surface area (Å²) in [5.41, 5.74) is -0.192. The number of benzene rings is 2. The Morgan fingerprint density at radius 1 is 1.23 bits per heavy atom. The molecule has 1 amide bonds. The second kappa shape index (κ2) is 12.3. The summed E-state index contributed by atoms with van der Waals surface area (Å²) in [6.07, 6.45) is 13.6. The molecule has 0 radical (unpaired) electrons. The van der Waals surface area contributed by atoms with Crippen LogP contribution in [0.25, 0.3) is 32.9 Å². The van der Waals surface area contributed by atoms with Crippen LogP contribution in [0.3, 0.4) is 0 Å². The van der Waals surface area contributed by atoms with E-state index in [1.165, 1.54) is 36.5 Å². The van der Waals surface area contributed by atoms with Crippen LogP contribution < -0.4 is 9.64 Å². The number of fused-ring (bicyclic) bond motifs is 3. The number of ether oxygens (including phenoxy) is 1. The van der Waals surface area contributed by atoms with Gasteiger partial charge in [0.25, 0.3) is 0 Å². The standard InChI is InChI=1S/C37H38F2N6O3/c1-5-25-28(38)10-9-23-17-24(46)18-26(31(23)25)33-32(39)34-27(19-40-33)35(43(4)20-29-22(3)11-16-45(29)30(47)6-2)42-36(41-34)48-21-37-12-7-14-44(37)15-8-13-37/h1,6,9-10,17-19,22,29,46H,2,7-8,11-16,20-21H2,3-4H3/t22?,29-/m1/s1. The summed E-state index contributed by atoms with van der Waals surface area (Å²) < 4.78 is 38.1. The zero-order valence-corrected chi connectivity index (χ0v) is 27.2. The molecule has 48 heavy (non-hydrogen) atoms. The van der Waals surface area contributed by atoms with Crippen LogP contribution in [0.15, 0.2) is 43.1 Å². The third-order valence-corrected chi connectivity index (χ3v) is 10.5. The Kier molecular flexibility index (Phi) is 8.16. The number of aromatic nitrogens is 3. The fraction of sp³-hybridized carbons (Fsp3) is 0.405. The molecule has 7 rings (SSSR count). The number of hydrogen-bond acceptors (Lipinski definition) is 8. The van der Waals surface area contributed by atoms with Gasteiger partial charge in [0.05, 0.1) is 22.5 Å². The van der Waals surface area contributed by atoms with Gasteiger partial charge in [0.15, 0.2) is 5.82 Å². The Morgan fingerprint density at radius 2 is 2.00 bits per heavy atom. The molecule has 0 aliphatic carbocycles. The van der Waals surface area contributed by atoms with Gasteiger partial charge < -0.3 is 19.6 Å². The highest BCUT2D eigenvalue weighted by Gasteiger charge is 2.45. The van der Waals surface area contributed by atoms with Gasteiger partial charge in [-0.1, -0.05) is 25.5 Å². The van der Waals surface area contributed by atoms with E-state index in [4.69, 9.17) is 16.1 Å². The molecule has 5 heterocycles. The Hall–Kier alpha value is -4.82. The van der Waals surface area contributed by atoms with Crippen LogP contribution in [0.1, 0.15) is 44.6 Å². The first-order valence-electron chi connectivity index (χ1n) is 16.4. The number of anilines is 1. The topological polar surface area (TPSA) is 94.9 Å². The highest BCUT2D eigenvalue weighted by atomic mass is 19.1. The van der Waals surface area contributed by atoms with Gasteiger partial charge >= 0.3 is 6.01 Å². The lowest BCUT2D eigenvalue weighted by Crippen LogP contribution is -2.44. The number of carbonyl (C=O) groups excluding carboxylic acids is 1. The van der Waals surface area contributed by atoms with Gasteiger partial charge in [-0.2, -0.15) is 9.97 Å². The molecule has 3 aliphatic heterocycles. The van der Waals surface area contributed by atoms with Gasteiger partial charge in [-0.3, -0.25) is 14.7 Å². The van der Waals surface area contributed by atoms with Crippen molar-refractivity contribution in [3.05, 3.63) is 60.3 Å². The van der Waals surface area contributed by atoms with Crippen molar-refractivity contribution in [1.82, 2.24) is 24.8 Å². The van der Waals surface area contributed by atoms with Crippen molar-refractivity contribution in [2.75, 3.05) is 44.7 Å². The van der Waals surface area contributed by atoms with Gasteiger partial charge in [-0.15, -0.1) is 6.42 Å². The van der Waals surface area contributed by atoms with Crippen LogP contribution >= 0.6 is 0 Å². The monoisotopic (exact) mass is 652 g/mol. The molecule has 3 fully saturated rings. The predicted octanol–water partition coefficient (Wildman–Crippen LogP) is 5.68. The lowest BCUT2D eigenvalue weighted by Gasteiger charge is -2.32. The third kappa shape index (κ3) is 5.28. The number of phenolic OH excluding ortho intramolecular Hbond substituents is 1. The first-order chi connectivity index (χ1) is 23.1. The number of nitrogens with zero attached hydrogens (tertiary/aromatic N) is 6. The fourth-order valence-corrected chi connectivity index (χ4v) is 8.02. The number of likely N-dealkylation sites (N-methyl/N-ethyl adjacent to an activating group) is 1. The molecule has 4 aromatic rings. The van der Waals surface area contributed by atoms with Gasteiger partial charge in [0.1, 0.15) is 35.2 Å². The number of pyridine rings is 1. The van der Waals surface area contributed by atoms with Crippen LogP contribution in [-0.2, 0) is 4.79 Å². The molecule has 0 spiro atoms. The van der Waals surface area contributed by atoms with Crippen LogP contribution in [0, 0.1) is 29.9 Å². The minimum Gasteiger partial charge on any atom is -0.508 e. The first-order valence-corrected chi connectivity index (χ1v) is 16.4. The maximum absolute atomic E-state index is 16.9. The average molecular weight is 653 g/mol. The summed E-state index contributed by atoms with van der Waals surface area (Å²) in [5.74, 6) is 1.29. The Balaban J connectivity index is 1.36. The number of rotatable bonds is 8. The smallest absolute Gasteiger partial charge is 0.319 e. The highest BCUT2D eigenvalue weighted by molar-refractivity contribution is 6.03. The number of phenols is 1. The zero-order valence-electron chi connectivity index (χ0n) is 27.2. The molecule has 3 aliphatic rings. The first kappa shape index (κ1) is 31.8. The Labute approximate surface area is 278 Å².